The number of carbonyl (C=O) groups excluding carboxylic acids is 1. The van der Waals surface area contributed by atoms with Gasteiger partial charge in [0.2, 0.25) is 0 Å². The summed E-state index contributed by atoms with van der Waals surface area (Å²) in [5.41, 5.74) is 9.17. The molecule has 0 radical (unpaired) electrons. The van der Waals surface area contributed by atoms with Gasteiger partial charge in [-0.25, -0.2) is 8.42 Å². The summed E-state index contributed by atoms with van der Waals surface area (Å²) in [7, 11) is -3.40. The van der Waals surface area contributed by atoms with Crippen molar-refractivity contribution in [3.8, 4) is 5.75 Å². The summed E-state index contributed by atoms with van der Waals surface area (Å²) in [5, 5.41) is 3.94. The van der Waals surface area contributed by atoms with Gasteiger partial charge in [-0.05, 0) is 36.8 Å². The van der Waals surface area contributed by atoms with Crippen LogP contribution in [0.3, 0.4) is 0 Å². The first-order chi connectivity index (χ1) is 13.3. The molecule has 1 amide bonds. The molecule has 2 aromatic carbocycles. The number of nitrogens with zero attached hydrogens (tertiary/aromatic N) is 1. The zero-order valence-corrected chi connectivity index (χ0v) is 17.5. The number of anilines is 2. The number of benzene rings is 2. The first kappa shape index (κ1) is 20.9. The molecule has 0 atom stereocenters. The second kappa shape index (κ2) is 7.53. The Bertz CT molecular complexity index is 1240. The van der Waals surface area contributed by atoms with Gasteiger partial charge >= 0.3 is 0 Å². The number of primary amides is 1. The Morgan fingerprint density at radius 2 is 2.00 bits per heavy atom. The van der Waals surface area contributed by atoms with Crippen LogP contribution >= 0.6 is 12.4 Å². The largest absolute Gasteiger partial charge is 0.493 e. The van der Waals surface area contributed by atoms with Crippen molar-refractivity contribution in [3.63, 3.8) is 0 Å². The molecule has 0 spiro atoms. The monoisotopic (exact) mass is 433 g/mol. The number of halogens is 1. The van der Waals surface area contributed by atoms with Gasteiger partial charge in [-0.2, -0.15) is 0 Å². The average Bonchev–Trinajstić information content (AvgIpc) is 3.11. The molecule has 29 heavy (non-hydrogen) atoms. The minimum Gasteiger partial charge on any atom is -0.493 e. The van der Waals surface area contributed by atoms with Crippen molar-refractivity contribution in [1.82, 2.24) is 4.98 Å². The second-order valence-electron chi connectivity index (χ2n) is 6.77. The molecule has 0 bridgehead atoms. The van der Waals surface area contributed by atoms with Gasteiger partial charge in [-0.3, -0.25) is 9.78 Å². The van der Waals surface area contributed by atoms with E-state index in [1.54, 1.807) is 13.0 Å². The molecule has 0 fully saturated rings. The van der Waals surface area contributed by atoms with Crippen molar-refractivity contribution in [1.29, 1.82) is 0 Å². The van der Waals surface area contributed by atoms with Crippen LogP contribution in [0.1, 0.15) is 21.5 Å². The zero-order valence-electron chi connectivity index (χ0n) is 15.9. The standard InChI is InChI=1S/C20H19N3O4S.ClH/c1-11-17(28(2,25)26)7-6-13-18(11)22-10-14(20(21)24)19(13)23-15-4-3-5-16-12(15)8-9-27-16;/h3-7,10H,8-9H2,1-2H3,(H2,21,24)(H,22,23);1H. The average molecular weight is 434 g/mol. The Kier molecular flexibility index (Phi) is 5.42. The van der Waals surface area contributed by atoms with Gasteiger partial charge in [-0.1, -0.05) is 6.07 Å². The van der Waals surface area contributed by atoms with Crippen molar-refractivity contribution >= 4 is 50.4 Å². The van der Waals surface area contributed by atoms with Gasteiger partial charge in [0.05, 0.1) is 28.3 Å². The molecule has 0 saturated heterocycles. The summed E-state index contributed by atoms with van der Waals surface area (Å²) in [6.45, 7) is 2.30. The van der Waals surface area contributed by atoms with E-state index in [0.29, 0.717) is 28.8 Å². The predicted octanol–water partition coefficient (Wildman–Crippen LogP) is 3.15. The Hall–Kier alpha value is -2.84. The topological polar surface area (TPSA) is 111 Å². The van der Waals surface area contributed by atoms with E-state index in [-0.39, 0.29) is 22.9 Å². The minimum absolute atomic E-state index is 0. The molecule has 1 aromatic heterocycles. The normalized spacial score (nSPS) is 12.8. The molecule has 0 unspecified atom stereocenters. The molecular formula is C20H20ClN3O4S. The van der Waals surface area contributed by atoms with Crippen LogP contribution in [-0.4, -0.2) is 32.2 Å². The van der Waals surface area contributed by atoms with Crippen LogP contribution in [0, 0.1) is 6.92 Å². The van der Waals surface area contributed by atoms with E-state index in [0.717, 1.165) is 29.7 Å². The van der Waals surface area contributed by atoms with Crippen molar-refractivity contribution < 1.29 is 17.9 Å². The lowest BCUT2D eigenvalue weighted by atomic mass is 10.0. The first-order valence-electron chi connectivity index (χ1n) is 8.71. The van der Waals surface area contributed by atoms with Gasteiger partial charge in [0.15, 0.2) is 9.84 Å². The molecule has 9 heteroatoms. The number of aryl methyl sites for hydroxylation is 1. The molecule has 0 aliphatic carbocycles. The molecule has 3 aromatic rings. The minimum atomic E-state index is -3.40. The number of sulfone groups is 1. The van der Waals surface area contributed by atoms with E-state index in [4.69, 9.17) is 10.5 Å². The van der Waals surface area contributed by atoms with Crippen LogP contribution < -0.4 is 15.8 Å². The molecular weight excluding hydrogens is 414 g/mol. The Morgan fingerprint density at radius 3 is 2.69 bits per heavy atom. The Balaban J connectivity index is 0.00000240. The maximum absolute atomic E-state index is 12.0. The molecule has 4 rings (SSSR count). The molecule has 7 nitrogen and oxygen atoms in total. The fraction of sp³-hybridized carbons (Fsp3) is 0.200. The number of hydrogen-bond donors (Lipinski definition) is 2. The molecule has 3 N–H and O–H groups in total. The first-order valence-corrected chi connectivity index (χ1v) is 10.6. The summed E-state index contributed by atoms with van der Waals surface area (Å²) in [5.74, 6) is 0.185. The van der Waals surface area contributed by atoms with Crippen LogP contribution in [0.15, 0.2) is 41.4 Å². The number of nitrogens with two attached hydrogens (primary N) is 1. The van der Waals surface area contributed by atoms with Crippen LogP contribution in [0.4, 0.5) is 11.4 Å². The summed E-state index contributed by atoms with van der Waals surface area (Å²) >= 11 is 0. The van der Waals surface area contributed by atoms with Crippen LogP contribution in [0.25, 0.3) is 10.9 Å². The number of pyridine rings is 1. The highest BCUT2D eigenvalue weighted by Gasteiger charge is 2.21. The fourth-order valence-electron chi connectivity index (χ4n) is 3.59. The third kappa shape index (κ3) is 3.61. The third-order valence-corrected chi connectivity index (χ3v) is 6.15. The van der Waals surface area contributed by atoms with Gasteiger partial charge in [0.25, 0.3) is 5.91 Å². The van der Waals surface area contributed by atoms with Crippen LogP contribution in [-0.2, 0) is 16.3 Å². The molecule has 1 aliphatic heterocycles. The fourth-order valence-corrected chi connectivity index (χ4v) is 4.55. The number of carbonyl (C=O) groups is 1. The number of fused-ring (bicyclic) bond motifs is 2. The number of nitrogens with one attached hydrogen (secondary N) is 1. The van der Waals surface area contributed by atoms with E-state index >= 15 is 0 Å². The Labute approximate surface area is 174 Å². The van der Waals surface area contributed by atoms with E-state index in [1.165, 1.54) is 12.3 Å². The Morgan fingerprint density at radius 1 is 1.24 bits per heavy atom. The van der Waals surface area contributed by atoms with Crippen molar-refractivity contribution in [2.24, 2.45) is 5.73 Å². The quantitative estimate of drug-likeness (QED) is 0.653. The maximum atomic E-state index is 12.0. The molecule has 1 aliphatic rings. The number of hydrogen-bond acceptors (Lipinski definition) is 6. The smallest absolute Gasteiger partial charge is 0.252 e. The van der Waals surface area contributed by atoms with Gasteiger partial charge in [-0.15, -0.1) is 12.4 Å². The maximum Gasteiger partial charge on any atom is 0.252 e. The lowest BCUT2D eigenvalue weighted by molar-refractivity contribution is 0.100. The zero-order chi connectivity index (χ0) is 20.1. The second-order valence-corrected chi connectivity index (χ2v) is 8.76. The highest BCUT2D eigenvalue weighted by atomic mass is 35.5. The number of ether oxygens (including phenoxy) is 1. The molecule has 2 heterocycles. The molecule has 152 valence electrons. The van der Waals surface area contributed by atoms with Crippen molar-refractivity contribution in [2.75, 3.05) is 18.2 Å². The van der Waals surface area contributed by atoms with Crippen molar-refractivity contribution in [3.05, 3.63) is 53.2 Å². The third-order valence-electron chi connectivity index (χ3n) is 4.91. The van der Waals surface area contributed by atoms with Gasteiger partial charge in [0, 0.05) is 35.5 Å². The number of aromatic nitrogens is 1. The van der Waals surface area contributed by atoms with Crippen LogP contribution in [0.2, 0.25) is 0 Å². The lowest BCUT2D eigenvalue weighted by Gasteiger charge is -2.17. The van der Waals surface area contributed by atoms with E-state index in [2.05, 4.69) is 10.3 Å². The van der Waals surface area contributed by atoms with Crippen LogP contribution in [0.5, 0.6) is 5.75 Å². The summed E-state index contributed by atoms with van der Waals surface area (Å²) in [4.78, 5) is 16.6. The SMILES string of the molecule is Cc1c(S(C)(=O)=O)ccc2c(Nc3cccc4c3CCO4)c(C(N)=O)cnc12.Cl. The van der Waals surface area contributed by atoms with E-state index < -0.39 is 15.7 Å². The summed E-state index contributed by atoms with van der Waals surface area (Å²) in [6.07, 6.45) is 3.29. The number of rotatable bonds is 4. The summed E-state index contributed by atoms with van der Waals surface area (Å²) < 4.78 is 29.7. The van der Waals surface area contributed by atoms with Crippen molar-refractivity contribution in [2.45, 2.75) is 18.2 Å². The number of amides is 1. The highest BCUT2D eigenvalue weighted by molar-refractivity contribution is 7.90. The van der Waals surface area contributed by atoms with E-state index in [1.807, 2.05) is 18.2 Å². The summed E-state index contributed by atoms with van der Waals surface area (Å²) in [6, 6.07) is 8.86. The highest BCUT2D eigenvalue weighted by Crippen LogP contribution is 2.37. The van der Waals surface area contributed by atoms with Gasteiger partial charge in [0.1, 0.15) is 5.75 Å². The van der Waals surface area contributed by atoms with E-state index in [9.17, 15) is 13.2 Å². The molecule has 0 saturated carbocycles. The lowest BCUT2D eigenvalue weighted by Crippen LogP contribution is -2.15. The van der Waals surface area contributed by atoms with Gasteiger partial charge < -0.3 is 15.8 Å². The predicted molar refractivity (Wildman–Crippen MR) is 114 cm³/mol.